The number of rotatable bonds is 9. The first-order valence-corrected chi connectivity index (χ1v) is 8.65. The molecule has 3 heteroatoms. The van der Waals surface area contributed by atoms with Crippen LogP contribution in [0.1, 0.15) is 51.3 Å². The first-order chi connectivity index (χ1) is 9.62. The number of hydrogen-bond donors (Lipinski definition) is 2. The lowest BCUT2D eigenvalue weighted by Gasteiger charge is -2.27. The van der Waals surface area contributed by atoms with Gasteiger partial charge in [0.15, 0.2) is 0 Å². The Hall–Kier alpha value is -0.510. The monoisotopic (exact) mass is 295 g/mol. The van der Waals surface area contributed by atoms with Gasteiger partial charge in [-0.2, -0.15) is 11.8 Å². The van der Waals surface area contributed by atoms with E-state index in [1.807, 2.05) is 11.8 Å². The first kappa shape index (κ1) is 17.5. The standard InChI is InChI=1S/C17H29NOS/c1-5-15-7-9-16(10-8-15)17(18-6-2)14(4)20-13(3)11-12-19/h7-10,13-14,17-19H,5-6,11-12H2,1-4H3. The van der Waals surface area contributed by atoms with Crippen molar-refractivity contribution in [2.24, 2.45) is 0 Å². The third-order valence-electron chi connectivity index (χ3n) is 3.62. The molecule has 0 bridgehead atoms. The topological polar surface area (TPSA) is 32.3 Å². The van der Waals surface area contributed by atoms with Gasteiger partial charge in [-0.1, -0.05) is 52.0 Å². The summed E-state index contributed by atoms with van der Waals surface area (Å²) in [4.78, 5) is 0. The van der Waals surface area contributed by atoms with Crippen molar-refractivity contribution in [2.45, 2.75) is 57.1 Å². The van der Waals surface area contributed by atoms with E-state index < -0.39 is 0 Å². The summed E-state index contributed by atoms with van der Waals surface area (Å²) in [5.41, 5.74) is 2.75. The molecule has 1 aromatic rings. The first-order valence-electron chi connectivity index (χ1n) is 7.70. The van der Waals surface area contributed by atoms with Gasteiger partial charge in [-0.05, 0) is 30.5 Å². The van der Waals surface area contributed by atoms with Crippen molar-refractivity contribution >= 4 is 11.8 Å². The SMILES string of the molecule is CCNC(c1ccc(CC)cc1)C(C)SC(C)CCO. The fourth-order valence-corrected chi connectivity index (χ4v) is 3.82. The maximum Gasteiger partial charge on any atom is 0.0441 e. The Morgan fingerprint density at radius 3 is 2.30 bits per heavy atom. The average Bonchev–Trinajstić information content (AvgIpc) is 2.45. The molecule has 0 aromatic heterocycles. The molecular formula is C17H29NOS. The van der Waals surface area contributed by atoms with E-state index in [0.717, 1.165) is 19.4 Å². The predicted molar refractivity (Wildman–Crippen MR) is 90.5 cm³/mol. The zero-order valence-electron chi connectivity index (χ0n) is 13.2. The highest BCUT2D eigenvalue weighted by molar-refractivity contribution is 8.00. The molecule has 2 N–H and O–H groups in total. The van der Waals surface area contributed by atoms with Crippen LogP contribution in [0.25, 0.3) is 0 Å². The maximum atomic E-state index is 9.04. The number of aryl methyl sites for hydroxylation is 1. The normalized spacial score (nSPS) is 15.8. The third kappa shape index (κ3) is 5.47. The summed E-state index contributed by atoms with van der Waals surface area (Å²) in [6.45, 7) is 10.1. The fraction of sp³-hybridized carbons (Fsp3) is 0.647. The number of nitrogens with one attached hydrogen (secondary N) is 1. The second kappa shape index (κ2) is 9.43. The van der Waals surface area contributed by atoms with Gasteiger partial charge in [0.1, 0.15) is 0 Å². The highest BCUT2D eigenvalue weighted by Gasteiger charge is 2.20. The number of hydrogen-bond acceptors (Lipinski definition) is 3. The quantitative estimate of drug-likeness (QED) is 0.727. The third-order valence-corrected chi connectivity index (χ3v) is 5.02. The smallest absolute Gasteiger partial charge is 0.0441 e. The Morgan fingerprint density at radius 1 is 1.15 bits per heavy atom. The lowest BCUT2D eigenvalue weighted by molar-refractivity contribution is 0.288. The molecule has 0 radical (unpaired) electrons. The fourth-order valence-electron chi connectivity index (χ4n) is 2.43. The minimum Gasteiger partial charge on any atom is -0.396 e. The summed E-state index contributed by atoms with van der Waals surface area (Å²) < 4.78 is 0. The molecule has 0 amide bonds. The lowest BCUT2D eigenvalue weighted by atomic mass is 10.0. The van der Waals surface area contributed by atoms with Crippen LogP contribution in [-0.2, 0) is 6.42 Å². The van der Waals surface area contributed by atoms with Gasteiger partial charge in [-0.3, -0.25) is 0 Å². The number of thioether (sulfide) groups is 1. The Morgan fingerprint density at radius 2 is 1.80 bits per heavy atom. The highest BCUT2D eigenvalue weighted by atomic mass is 32.2. The summed E-state index contributed by atoms with van der Waals surface area (Å²) in [7, 11) is 0. The van der Waals surface area contributed by atoms with Gasteiger partial charge in [0, 0.05) is 23.1 Å². The van der Waals surface area contributed by atoms with Crippen molar-refractivity contribution < 1.29 is 5.11 Å². The van der Waals surface area contributed by atoms with Crippen molar-refractivity contribution in [3.8, 4) is 0 Å². The van der Waals surface area contributed by atoms with Gasteiger partial charge >= 0.3 is 0 Å². The van der Waals surface area contributed by atoms with Crippen LogP contribution in [0.15, 0.2) is 24.3 Å². The average molecular weight is 295 g/mol. The lowest BCUT2D eigenvalue weighted by Crippen LogP contribution is -2.29. The molecule has 0 heterocycles. The van der Waals surface area contributed by atoms with Crippen LogP contribution in [0.3, 0.4) is 0 Å². The van der Waals surface area contributed by atoms with Crippen LogP contribution in [-0.4, -0.2) is 28.8 Å². The van der Waals surface area contributed by atoms with Gasteiger partial charge in [-0.25, -0.2) is 0 Å². The van der Waals surface area contributed by atoms with E-state index in [1.165, 1.54) is 11.1 Å². The van der Waals surface area contributed by atoms with Crippen molar-refractivity contribution in [1.82, 2.24) is 5.32 Å². The molecule has 0 fully saturated rings. The summed E-state index contributed by atoms with van der Waals surface area (Å²) in [5, 5.41) is 13.6. The maximum absolute atomic E-state index is 9.04. The van der Waals surface area contributed by atoms with Gasteiger partial charge < -0.3 is 10.4 Å². The molecule has 20 heavy (non-hydrogen) atoms. The summed E-state index contributed by atoms with van der Waals surface area (Å²) in [6, 6.07) is 9.33. The zero-order chi connectivity index (χ0) is 15.0. The molecule has 114 valence electrons. The van der Waals surface area contributed by atoms with E-state index in [9.17, 15) is 0 Å². The Kier molecular flexibility index (Phi) is 8.27. The largest absolute Gasteiger partial charge is 0.396 e. The summed E-state index contributed by atoms with van der Waals surface area (Å²) in [5.74, 6) is 0. The molecule has 3 unspecified atom stereocenters. The molecule has 3 atom stereocenters. The number of aliphatic hydroxyl groups excluding tert-OH is 1. The minimum atomic E-state index is 0.276. The van der Waals surface area contributed by atoms with Crippen LogP contribution in [0.2, 0.25) is 0 Å². The van der Waals surface area contributed by atoms with E-state index in [-0.39, 0.29) is 6.61 Å². The van der Waals surface area contributed by atoms with E-state index in [0.29, 0.717) is 16.5 Å². The van der Waals surface area contributed by atoms with Crippen molar-refractivity contribution in [3.05, 3.63) is 35.4 Å². The Balaban J connectivity index is 2.75. The van der Waals surface area contributed by atoms with Crippen LogP contribution < -0.4 is 5.32 Å². The molecule has 2 nitrogen and oxygen atoms in total. The van der Waals surface area contributed by atoms with Crippen molar-refractivity contribution in [3.63, 3.8) is 0 Å². The Labute approximate surface area is 128 Å². The van der Waals surface area contributed by atoms with Crippen LogP contribution in [0, 0.1) is 0 Å². The summed E-state index contributed by atoms with van der Waals surface area (Å²) in [6.07, 6.45) is 1.95. The molecule has 0 saturated heterocycles. The molecule has 0 spiro atoms. The van der Waals surface area contributed by atoms with Crippen molar-refractivity contribution in [1.29, 1.82) is 0 Å². The molecular weight excluding hydrogens is 266 g/mol. The molecule has 0 saturated carbocycles. The van der Waals surface area contributed by atoms with Crippen LogP contribution >= 0.6 is 11.8 Å². The zero-order valence-corrected chi connectivity index (χ0v) is 14.0. The van der Waals surface area contributed by atoms with Gasteiger partial charge in [0.05, 0.1) is 0 Å². The van der Waals surface area contributed by atoms with Gasteiger partial charge in [0.2, 0.25) is 0 Å². The summed E-state index contributed by atoms with van der Waals surface area (Å²) >= 11 is 1.95. The molecule has 0 aliphatic heterocycles. The second-order valence-corrected chi connectivity index (χ2v) is 7.12. The van der Waals surface area contributed by atoms with Crippen molar-refractivity contribution in [2.75, 3.05) is 13.2 Å². The van der Waals surface area contributed by atoms with Gasteiger partial charge in [-0.15, -0.1) is 0 Å². The van der Waals surface area contributed by atoms with E-state index in [2.05, 4.69) is 57.3 Å². The minimum absolute atomic E-state index is 0.276. The number of benzene rings is 1. The van der Waals surface area contributed by atoms with Gasteiger partial charge in [0.25, 0.3) is 0 Å². The van der Waals surface area contributed by atoms with Crippen LogP contribution in [0.5, 0.6) is 0 Å². The molecule has 1 rings (SSSR count). The molecule has 0 aliphatic carbocycles. The van der Waals surface area contributed by atoms with E-state index in [4.69, 9.17) is 5.11 Å². The Bertz CT molecular complexity index is 366. The van der Waals surface area contributed by atoms with Crippen LogP contribution in [0.4, 0.5) is 0 Å². The predicted octanol–water partition coefficient (Wildman–Crippen LogP) is 3.79. The molecule has 1 aromatic carbocycles. The number of aliphatic hydroxyl groups is 1. The van der Waals surface area contributed by atoms with E-state index in [1.54, 1.807) is 0 Å². The highest BCUT2D eigenvalue weighted by Crippen LogP contribution is 2.30. The second-order valence-electron chi connectivity index (χ2n) is 5.29. The molecule has 0 aliphatic rings. The van der Waals surface area contributed by atoms with E-state index >= 15 is 0 Å².